The first kappa shape index (κ1) is 18.4. The van der Waals surface area contributed by atoms with Crippen LogP contribution in [0.5, 0.6) is 0 Å². The summed E-state index contributed by atoms with van der Waals surface area (Å²) in [5.41, 5.74) is -2.07. The molecule has 0 fully saturated rings. The molecule has 2 aromatic carbocycles. The van der Waals surface area contributed by atoms with Gasteiger partial charge in [0, 0.05) is 16.7 Å². The standard InChI is InChI=1S/C21H20ClNO3/c1-20(2,3)23-19(25)16(17(24)14-10-6-4-7-11-14)18(22)21(23,26)15-12-8-5-9-13-15/h4-13,26H,1-3H3. The van der Waals surface area contributed by atoms with Crippen molar-refractivity contribution in [1.29, 1.82) is 0 Å². The molecular weight excluding hydrogens is 350 g/mol. The van der Waals surface area contributed by atoms with Crippen LogP contribution in [0.25, 0.3) is 0 Å². The third kappa shape index (κ3) is 2.75. The highest BCUT2D eigenvalue weighted by Gasteiger charge is 2.56. The van der Waals surface area contributed by atoms with E-state index in [1.807, 2.05) is 0 Å². The van der Waals surface area contributed by atoms with Gasteiger partial charge in [0.05, 0.1) is 5.03 Å². The van der Waals surface area contributed by atoms with Crippen molar-refractivity contribution in [2.24, 2.45) is 0 Å². The van der Waals surface area contributed by atoms with Crippen molar-refractivity contribution in [3.63, 3.8) is 0 Å². The van der Waals surface area contributed by atoms with E-state index in [-0.39, 0.29) is 10.6 Å². The summed E-state index contributed by atoms with van der Waals surface area (Å²) in [5, 5.41) is 11.4. The number of carbonyl (C=O) groups excluding carboxylic acids is 2. The van der Waals surface area contributed by atoms with E-state index in [1.165, 1.54) is 4.90 Å². The fraction of sp³-hybridized carbons (Fsp3) is 0.238. The smallest absolute Gasteiger partial charge is 0.262 e. The zero-order chi connectivity index (χ0) is 19.1. The van der Waals surface area contributed by atoms with Crippen molar-refractivity contribution < 1.29 is 14.7 Å². The second-order valence-corrected chi connectivity index (χ2v) is 7.61. The molecule has 0 saturated heterocycles. The molecular formula is C21H20ClNO3. The first-order chi connectivity index (χ1) is 12.2. The van der Waals surface area contributed by atoms with Gasteiger partial charge >= 0.3 is 0 Å². The number of hydrogen-bond donors (Lipinski definition) is 1. The molecule has 0 radical (unpaired) electrons. The van der Waals surface area contributed by atoms with Gasteiger partial charge in [-0.15, -0.1) is 0 Å². The van der Waals surface area contributed by atoms with Crippen LogP contribution >= 0.6 is 11.6 Å². The third-order valence-corrected chi connectivity index (χ3v) is 4.83. The molecule has 1 aliphatic rings. The molecule has 0 aliphatic carbocycles. The highest BCUT2D eigenvalue weighted by Crippen LogP contribution is 2.47. The van der Waals surface area contributed by atoms with Gasteiger partial charge in [0.25, 0.3) is 5.91 Å². The second kappa shape index (κ2) is 6.38. The monoisotopic (exact) mass is 369 g/mol. The van der Waals surface area contributed by atoms with Crippen LogP contribution in [0.3, 0.4) is 0 Å². The Morgan fingerprint density at radius 3 is 2.00 bits per heavy atom. The molecule has 134 valence electrons. The van der Waals surface area contributed by atoms with Gasteiger partial charge in [-0.2, -0.15) is 0 Å². The lowest BCUT2D eigenvalue weighted by molar-refractivity contribution is -0.157. The Balaban J connectivity index is 2.22. The number of ketones is 1. The molecule has 1 N–H and O–H groups in total. The molecule has 0 bridgehead atoms. The lowest BCUT2D eigenvalue weighted by atomic mass is 9.96. The van der Waals surface area contributed by atoms with Crippen LogP contribution in [0.4, 0.5) is 0 Å². The van der Waals surface area contributed by atoms with E-state index >= 15 is 0 Å². The van der Waals surface area contributed by atoms with Crippen molar-refractivity contribution in [2.75, 3.05) is 0 Å². The fourth-order valence-electron chi connectivity index (χ4n) is 3.27. The van der Waals surface area contributed by atoms with Crippen LogP contribution < -0.4 is 0 Å². The second-order valence-electron chi connectivity index (χ2n) is 7.23. The minimum atomic E-state index is -1.89. The molecule has 1 heterocycles. The maximum atomic E-state index is 13.2. The predicted octanol–water partition coefficient (Wildman–Crippen LogP) is 3.85. The number of halogens is 1. The van der Waals surface area contributed by atoms with Gasteiger partial charge in [-0.1, -0.05) is 72.3 Å². The number of amides is 1. The summed E-state index contributed by atoms with van der Waals surface area (Å²) < 4.78 is 0. The molecule has 5 heteroatoms. The average Bonchev–Trinajstić information content (AvgIpc) is 2.82. The van der Waals surface area contributed by atoms with Crippen molar-refractivity contribution >= 4 is 23.3 Å². The van der Waals surface area contributed by atoms with Crippen LogP contribution in [0.2, 0.25) is 0 Å². The van der Waals surface area contributed by atoms with Crippen LogP contribution in [0.15, 0.2) is 71.3 Å². The Bertz CT molecular complexity index is 884. The maximum Gasteiger partial charge on any atom is 0.262 e. The number of carbonyl (C=O) groups is 2. The Kier molecular flexibility index (Phi) is 4.51. The van der Waals surface area contributed by atoms with Gasteiger partial charge in [0.1, 0.15) is 5.57 Å². The molecule has 1 amide bonds. The molecule has 1 atom stereocenters. The van der Waals surface area contributed by atoms with Crippen molar-refractivity contribution in [3.05, 3.63) is 82.4 Å². The minimum Gasteiger partial charge on any atom is -0.362 e. The molecule has 26 heavy (non-hydrogen) atoms. The normalized spacial score (nSPS) is 20.7. The fourth-order valence-corrected chi connectivity index (χ4v) is 3.63. The Hall–Kier alpha value is -2.43. The van der Waals surface area contributed by atoms with Gasteiger partial charge < -0.3 is 5.11 Å². The van der Waals surface area contributed by atoms with Gasteiger partial charge in [0.2, 0.25) is 5.72 Å². The number of aliphatic hydroxyl groups is 1. The Morgan fingerprint density at radius 1 is 1.00 bits per heavy atom. The van der Waals surface area contributed by atoms with Crippen molar-refractivity contribution in [3.8, 4) is 0 Å². The molecule has 1 unspecified atom stereocenters. The van der Waals surface area contributed by atoms with E-state index < -0.39 is 23.0 Å². The minimum absolute atomic E-state index is 0.169. The summed E-state index contributed by atoms with van der Waals surface area (Å²) in [5.74, 6) is -1.08. The summed E-state index contributed by atoms with van der Waals surface area (Å²) in [7, 11) is 0. The number of rotatable bonds is 3. The van der Waals surface area contributed by atoms with E-state index in [4.69, 9.17) is 11.6 Å². The highest BCUT2D eigenvalue weighted by atomic mass is 35.5. The van der Waals surface area contributed by atoms with Crippen molar-refractivity contribution in [2.45, 2.75) is 32.0 Å². The van der Waals surface area contributed by atoms with Crippen LogP contribution in [0.1, 0.15) is 36.7 Å². The topological polar surface area (TPSA) is 57.6 Å². The summed E-state index contributed by atoms with van der Waals surface area (Å²) in [6.07, 6.45) is 0. The number of nitrogens with zero attached hydrogens (tertiary/aromatic N) is 1. The molecule has 2 aromatic rings. The summed E-state index contributed by atoms with van der Waals surface area (Å²) in [6.45, 7) is 5.37. The van der Waals surface area contributed by atoms with Crippen LogP contribution in [-0.2, 0) is 10.5 Å². The third-order valence-electron chi connectivity index (χ3n) is 4.38. The van der Waals surface area contributed by atoms with E-state index in [0.717, 1.165) is 0 Å². The average molecular weight is 370 g/mol. The van der Waals surface area contributed by atoms with E-state index in [2.05, 4.69) is 0 Å². The molecule has 4 nitrogen and oxygen atoms in total. The first-order valence-corrected chi connectivity index (χ1v) is 8.69. The lowest BCUT2D eigenvalue weighted by Gasteiger charge is -2.43. The summed E-state index contributed by atoms with van der Waals surface area (Å²) >= 11 is 6.51. The van der Waals surface area contributed by atoms with Gasteiger partial charge in [0.15, 0.2) is 5.78 Å². The predicted molar refractivity (Wildman–Crippen MR) is 101 cm³/mol. The zero-order valence-corrected chi connectivity index (χ0v) is 15.6. The summed E-state index contributed by atoms with van der Waals surface area (Å²) in [4.78, 5) is 27.4. The lowest BCUT2D eigenvalue weighted by Crippen LogP contribution is -2.55. The van der Waals surface area contributed by atoms with Gasteiger partial charge in [-0.25, -0.2) is 0 Å². The van der Waals surface area contributed by atoms with Crippen LogP contribution in [-0.4, -0.2) is 27.2 Å². The van der Waals surface area contributed by atoms with Crippen molar-refractivity contribution in [1.82, 2.24) is 4.90 Å². The van der Waals surface area contributed by atoms with E-state index in [0.29, 0.717) is 11.1 Å². The number of Topliss-reactive ketones (excluding diaryl/α,β-unsaturated/α-hetero) is 1. The molecule has 0 aromatic heterocycles. The first-order valence-electron chi connectivity index (χ1n) is 8.31. The SMILES string of the molecule is CC(C)(C)N1C(=O)C(C(=O)c2ccccc2)=C(Cl)C1(O)c1ccccc1. The molecule has 1 aliphatic heterocycles. The number of benzene rings is 2. The van der Waals surface area contributed by atoms with E-state index in [9.17, 15) is 14.7 Å². The Labute approximate surface area is 157 Å². The van der Waals surface area contributed by atoms with Crippen LogP contribution in [0, 0.1) is 0 Å². The molecule has 3 rings (SSSR count). The number of hydrogen-bond acceptors (Lipinski definition) is 3. The largest absolute Gasteiger partial charge is 0.362 e. The highest BCUT2D eigenvalue weighted by molar-refractivity contribution is 6.41. The van der Waals surface area contributed by atoms with Gasteiger partial charge in [-0.05, 0) is 20.8 Å². The van der Waals surface area contributed by atoms with Gasteiger partial charge in [-0.3, -0.25) is 14.5 Å². The summed E-state index contributed by atoms with van der Waals surface area (Å²) in [6, 6.07) is 17.1. The Morgan fingerprint density at radius 2 is 1.50 bits per heavy atom. The zero-order valence-electron chi connectivity index (χ0n) is 14.9. The van der Waals surface area contributed by atoms with E-state index in [1.54, 1.807) is 81.4 Å². The quantitative estimate of drug-likeness (QED) is 0.660. The maximum absolute atomic E-state index is 13.2. The molecule has 0 saturated carbocycles. The molecule has 0 spiro atoms.